The SMILES string of the molecule is CC(=O)O.CC1=C(C(=O)Nc2ccccn2)C(c2ccc3c4ccccc4n(C)c3c2)C2=C(CC(C)(C)CC2=O)N1. The summed E-state index contributed by atoms with van der Waals surface area (Å²) in [6.45, 7) is 7.25. The van der Waals surface area contributed by atoms with Crippen molar-refractivity contribution in [2.75, 3.05) is 5.32 Å². The van der Waals surface area contributed by atoms with Crippen LogP contribution < -0.4 is 10.6 Å². The Labute approximate surface area is 238 Å². The van der Waals surface area contributed by atoms with Gasteiger partial charge in [-0.3, -0.25) is 14.4 Å². The van der Waals surface area contributed by atoms with Crippen LogP contribution in [0.5, 0.6) is 0 Å². The number of aromatic nitrogens is 2. The number of dihydropyridines is 1. The number of anilines is 1. The first kappa shape index (κ1) is 27.8. The molecule has 8 nitrogen and oxygen atoms in total. The normalized spacial score (nSPS) is 18.0. The van der Waals surface area contributed by atoms with E-state index < -0.39 is 11.9 Å². The van der Waals surface area contributed by atoms with Gasteiger partial charge < -0.3 is 20.3 Å². The zero-order chi connectivity index (χ0) is 29.5. The second-order valence-electron chi connectivity index (χ2n) is 11.5. The molecular formula is C33H34N4O4. The number of ketones is 1. The molecule has 2 aromatic carbocycles. The lowest BCUT2D eigenvalue weighted by Crippen LogP contribution is -2.39. The highest BCUT2D eigenvalue weighted by atomic mass is 16.4. The number of hydrogen-bond acceptors (Lipinski definition) is 5. The minimum Gasteiger partial charge on any atom is -0.481 e. The van der Waals surface area contributed by atoms with Crippen molar-refractivity contribution in [3.8, 4) is 0 Å². The highest BCUT2D eigenvalue weighted by molar-refractivity contribution is 6.11. The molecule has 0 saturated heterocycles. The van der Waals surface area contributed by atoms with Crippen LogP contribution in [0, 0.1) is 5.41 Å². The number of fused-ring (bicyclic) bond motifs is 3. The Morgan fingerprint density at radius 2 is 1.71 bits per heavy atom. The Kier molecular flexibility index (Phi) is 7.26. The third kappa shape index (κ3) is 5.37. The number of aryl methyl sites for hydroxylation is 1. The molecule has 1 atom stereocenters. The molecule has 41 heavy (non-hydrogen) atoms. The van der Waals surface area contributed by atoms with Crippen molar-refractivity contribution in [3.05, 3.63) is 95.0 Å². The van der Waals surface area contributed by atoms with E-state index >= 15 is 0 Å². The summed E-state index contributed by atoms with van der Waals surface area (Å²) < 4.78 is 2.18. The van der Waals surface area contributed by atoms with Crippen molar-refractivity contribution in [2.24, 2.45) is 12.5 Å². The minimum absolute atomic E-state index is 0.0940. The van der Waals surface area contributed by atoms with E-state index in [9.17, 15) is 9.59 Å². The van der Waals surface area contributed by atoms with Gasteiger partial charge in [0.05, 0.1) is 0 Å². The van der Waals surface area contributed by atoms with Crippen LogP contribution in [0.15, 0.2) is 89.4 Å². The molecule has 6 rings (SSSR count). The topological polar surface area (TPSA) is 113 Å². The number of aliphatic carboxylic acids is 1. The minimum atomic E-state index is -0.833. The van der Waals surface area contributed by atoms with Gasteiger partial charge in [-0.05, 0) is 48.6 Å². The van der Waals surface area contributed by atoms with E-state index in [1.165, 1.54) is 5.39 Å². The van der Waals surface area contributed by atoms with E-state index in [1.807, 2.05) is 31.2 Å². The summed E-state index contributed by atoms with van der Waals surface area (Å²) in [4.78, 5) is 40.7. The van der Waals surface area contributed by atoms with E-state index in [-0.39, 0.29) is 17.1 Å². The Morgan fingerprint density at radius 3 is 2.41 bits per heavy atom. The van der Waals surface area contributed by atoms with Crippen LogP contribution in [0.1, 0.15) is 52.0 Å². The molecule has 2 aliphatic rings. The number of nitrogens with zero attached hydrogens (tertiary/aromatic N) is 2. The van der Waals surface area contributed by atoms with Gasteiger partial charge in [0.25, 0.3) is 11.9 Å². The van der Waals surface area contributed by atoms with Crippen LogP contribution in [-0.2, 0) is 21.4 Å². The number of pyridine rings is 1. The fourth-order valence-corrected chi connectivity index (χ4v) is 6.05. The lowest BCUT2D eigenvalue weighted by Gasteiger charge is -2.39. The number of para-hydroxylation sites is 1. The van der Waals surface area contributed by atoms with Gasteiger partial charge in [-0.25, -0.2) is 4.98 Å². The summed E-state index contributed by atoms with van der Waals surface area (Å²) in [5.41, 5.74) is 5.97. The maximum absolute atomic E-state index is 13.8. The highest BCUT2D eigenvalue weighted by Gasteiger charge is 2.42. The maximum Gasteiger partial charge on any atom is 0.300 e. The Bertz CT molecular complexity index is 1760. The predicted octanol–water partition coefficient (Wildman–Crippen LogP) is 6.06. The Balaban J connectivity index is 0.000000794. The fourth-order valence-electron chi connectivity index (χ4n) is 6.05. The number of carbonyl (C=O) groups excluding carboxylic acids is 2. The van der Waals surface area contributed by atoms with Crippen molar-refractivity contribution in [1.29, 1.82) is 0 Å². The van der Waals surface area contributed by atoms with Crippen LogP contribution in [0.2, 0.25) is 0 Å². The van der Waals surface area contributed by atoms with Gasteiger partial charge in [0, 0.05) is 76.9 Å². The molecule has 1 aliphatic heterocycles. The van der Waals surface area contributed by atoms with E-state index in [0.29, 0.717) is 23.4 Å². The Morgan fingerprint density at radius 1 is 1.02 bits per heavy atom. The number of Topliss-reactive ketones (excluding diaryl/α,β-unsaturated/α-hetero) is 1. The molecule has 1 aliphatic carbocycles. The molecule has 4 aromatic rings. The highest BCUT2D eigenvalue weighted by Crippen LogP contribution is 2.47. The van der Waals surface area contributed by atoms with Crippen LogP contribution in [0.25, 0.3) is 21.8 Å². The van der Waals surface area contributed by atoms with E-state index in [1.54, 1.807) is 12.3 Å². The maximum atomic E-state index is 13.8. The smallest absolute Gasteiger partial charge is 0.300 e. The first-order valence-electron chi connectivity index (χ1n) is 13.6. The summed E-state index contributed by atoms with van der Waals surface area (Å²) >= 11 is 0. The van der Waals surface area contributed by atoms with E-state index in [0.717, 1.165) is 46.7 Å². The van der Waals surface area contributed by atoms with Crippen LogP contribution in [0.3, 0.4) is 0 Å². The van der Waals surface area contributed by atoms with Crippen molar-refractivity contribution in [1.82, 2.24) is 14.9 Å². The van der Waals surface area contributed by atoms with Crippen LogP contribution >= 0.6 is 0 Å². The van der Waals surface area contributed by atoms with Gasteiger partial charge in [0.1, 0.15) is 5.82 Å². The predicted molar refractivity (Wildman–Crippen MR) is 160 cm³/mol. The number of carbonyl (C=O) groups is 3. The average Bonchev–Trinajstić information content (AvgIpc) is 3.18. The molecule has 8 heteroatoms. The first-order chi connectivity index (χ1) is 19.5. The average molecular weight is 551 g/mol. The number of benzene rings is 2. The summed E-state index contributed by atoms with van der Waals surface area (Å²) in [5.74, 6) is -0.982. The molecule has 3 N–H and O–H groups in total. The molecule has 3 heterocycles. The van der Waals surface area contributed by atoms with Crippen LogP contribution in [-0.4, -0.2) is 32.3 Å². The zero-order valence-electron chi connectivity index (χ0n) is 23.9. The van der Waals surface area contributed by atoms with Gasteiger partial charge in [-0.2, -0.15) is 0 Å². The molecule has 0 spiro atoms. The van der Waals surface area contributed by atoms with E-state index in [2.05, 4.69) is 71.4 Å². The monoisotopic (exact) mass is 550 g/mol. The van der Waals surface area contributed by atoms with Gasteiger partial charge in [-0.15, -0.1) is 0 Å². The van der Waals surface area contributed by atoms with Crippen molar-refractivity contribution < 1.29 is 19.5 Å². The van der Waals surface area contributed by atoms with Gasteiger partial charge in [0.2, 0.25) is 0 Å². The largest absolute Gasteiger partial charge is 0.481 e. The number of amides is 1. The molecule has 0 radical (unpaired) electrons. The molecule has 1 amide bonds. The molecule has 0 bridgehead atoms. The lowest BCUT2D eigenvalue weighted by molar-refractivity contribution is -0.134. The first-order valence-corrected chi connectivity index (χ1v) is 13.6. The quantitative estimate of drug-likeness (QED) is 0.286. The fraction of sp³-hybridized carbons (Fsp3) is 0.273. The van der Waals surface area contributed by atoms with Gasteiger partial charge >= 0.3 is 0 Å². The molecule has 210 valence electrons. The number of rotatable bonds is 3. The summed E-state index contributed by atoms with van der Waals surface area (Å²) in [6, 6.07) is 20.1. The van der Waals surface area contributed by atoms with E-state index in [4.69, 9.17) is 9.90 Å². The third-order valence-electron chi connectivity index (χ3n) is 7.66. The van der Waals surface area contributed by atoms with Gasteiger partial charge in [0.15, 0.2) is 5.78 Å². The Hall–Kier alpha value is -4.72. The number of allylic oxidation sites excluding steroid dienone is 3. The van der Waals surface area contributed by atoms with Gasteiger partial charge in [-0.1, -0.05) is 50.2 Å². The number of hydrogen-bond donors (Lipinski definition) is 3. The summed E-state index contributed by atoms with van der Waals surface area (Å²) in [7, 11) is 2.06. The molecule has 0 saturated carbocycles. The third-order valence-corrected chi connectivity index (χ3v) is 7.66. The van der Waals surface area contributed by atoms with Crippen molar-refractivity contribution >= 4 is 45.3 Å². The number of carboxylic acid groups (broad SMARTS) is 1. The zero-order valence-corrected chi connectivity index (χ0v) is 23.9. The number of nitrogens with one attached hydrogen (secondary N) is 2. The summed E-state index contributed by atoms with van der Waals surface area (Å²) in [5, 5.41) is 16.2. The standard InChI is InChI=1S/C31H30N4O2.C2H4O2/c1-18-27(30(37)34-26-11-7-8-14-32-26)28(29-22(33-18)16-31(2,3)17-25(29)36)19-12-13-21-20-9-5-6-10-23(20)35(4)24(21)15-19;1-2(3)4/h5-15,28,33H,16-17H2,1-4H3,(H,32,34,37);1H3,(H,3,4). The second-order valence-corrected chi connectivity index (χ2v) is 11.5. The lowest BCUT2D eigenvalue weighted by atomic mass is 9.68. The molecule has 2 aromatic heterocycles. The molecular weight excluding hydrogens is 516 g/mol. The van der Waals surface area contributed by atoms with Crippen molar-refractivity contribution in [2.45, 2.75) is 46.5 Å². The van der Waals surface area contributed by atoms with Crippen molar-refractivity contribution in [3.63, 3.8) is 0 Å². The number of carboxylic acids is 1. The van der Waals surface area contributed by atoms with Crippen LogP contribution in [0.4, 0.5) is 5.82 Å². The second kappa shape index (κ2) is 10.7. The molecule has 0 fully saturated rings. The molecule has 1 unspecified atom stereocenters. The summed E-state index contributed by atoms with van der Waals surface area (Å²) in [6.07, 6.45) is 2.86.